The number of hydrogen-bond donors (Lipinski definition) is 1. The second kappa shape index (κ2) is 4.38. The molecule has 0 fully saturated rings. The molecule has 3 rings (SSSR count). The molecule has 1 aromatic carbocycles. The van der Waals surface area contributed by atoms with Crippen LogP contribution in [0.5, 0.6) is 5.88 Å². The van der Waals surface area contributed by atoms with Crippen molar-refractivity contribution in [3.05, 3.63) is 40.1 Å². The summed E-state index contributed by atoms with van der Waals surface area (Å²) in [5.74, 6) is -1.10. The Bertz CT molecular complexity index is 737. The van der Waals surface area contributed by atoms with E-state index in [4.69, 9.17) is 4.74 Å². The van der Waals surface area contributed by atoms with Crippen molar-refractivity contribution in [1.82, 2.24) is 4.57 Å². The zero-order valence-electron chi connectivity index (χ0n) is 9.80. The van der Waals surface area contributed by atoms with Gasteiger partial charge in [-0.2, -0.15) is 0 Å². The van der Waals surface area contributed by atoms with Gasteiger partial charge in [0.25, 0.3) is 0 Å². The number of benzene rings is 1. The van der Waals surface area contributed by atoms with E-state index in [1.54, 1.807) is 22.8 Å². The van der Waals surface area contributed by atoms with Crippen molar-refractivity contribution >= 4 is 32.8 Å². The van der Waals surface area contributed by atoms with Crippen molar-refractivity contribution in [3.8, 4) is 5.88 Å². The molecule has 0 saturated heterocycles. The summed E-state index contributed by atoms with van der Waals surface area (Å²) in [6.45, 7) is 0.529. The van der Waals surface area contributed by atoms with E-state index in [0.717, 1.165) is 0 Å². The minimum absolute atomic E-state index is 0.153. The topological polar surface area (TPSA) is 68.5 Å². The second-order valence-electron chi connectivity index (χ2n) is 4.34. The Hall–Kier alpha value is -1.82. The molecule has 0 radical (unpaired) electrons. The number of hydrogen-bond acceptors (Lipinski definition) is 3. The summed E-state index contributed by atoms with van der Waals surface area (Å²) < 4.78 is 7.33. The monoisotopic (exact) mass is 323 g/mol. The normalized spacial score (nSPS) is 17.2. The van der Waals surface area contributed by atoms with E-state index in [1.165, 1.54) is 0 Å². The lowest BCUT2D eigenvalue weighted by molar-refractivity contribution is 0.0690. The zero-order valence-corrected chi connectivity index (χ0v) is 11.4. The Morgan fingerprint density at radius 1 is 1.47 bits per heavy atom. The van der Waals surface area contributed by atoms with Gasteiger partial charge in [-0.15, -0.1) is 0 Å². The van der Waals surface area contributed by atoms with Crippen LogP contribution in [-0.4, -0.2) is 27.1 Å². The van der Waals surface area contributed by atoms with E-state index in [2.05, 4.69) is 15.9 Å². The van der Waals surface area contributed by atoms with Gasteiger partial charge in [0.15, 0.2) is 5.56 Å². The highest BCUT2D eigenvalue weighted by molar-refractivity contribution is 9.09. The minimum Gasteiger partial charge on any atom is -0.477 e. The highest BCUT2D eigenvalue weighted by Crippen LogP contribution is 2.29. The number of alkyl halides is 1. The SMILES string of the molecule is O=C(O)c1c2n(c3ccccc3c1=O)CC(CBr)O2. The summed E-state index contributed by atoms with van der Waals surface area (Å²) in [7, 11) is 0. The zero-order chi connectivity index (χ0) is 13.6. The Kier molecular flexibility index (Phi) is 2.82. The fourth-order valence-electron chi connectivity index (χ4n) is 2.35. The number of nitrogens with zero attached hydrogens (tertiary/aromatic N) is 1. The first-order chi connectivity index (χ1) is 9.13. The number of pyridine rings is 1. The average Bonchev–Trinajstić information content (AvgIpc) is 2.82. The van der Waals surface area contributed by atoms with Crippen LogP contribution in [0.25, 0.3) is 10.9 Å². The van der Waals surface area contributed by atoms with Gasteiger partial charge in [0, 0.05) is 10.7 Å². The van der Waals surface area contributed by atoms with E-state index < -0.39 is 11.4 Å². The molecule has 2 heterocycles. The van der Waals surface area contributed by atoms with Crippen molar-refractivity contribution < 1.29 is 14.6 Å². The maximum absolute atomic E-state index is 12.2. The molecule has 1 aliphatic heterocycles. The van der Waals surface area contributed by atoms with E-state index in [0.29, 0.717) is 22.8 Å². The summed E-state index contributed by atoms with van der Waals surface area (Å²) in [6.07, 6.45) is -0.164. The molecule has 1 aliphatic rings. The van der Waals surface area contributed by atoms with Gasteiger partial charge >= 0.3 is 5.97 Å². The molecule has 19 heavy (non-hydrogen) atoms. The van der Waals surface area contributed by atoms with Crippen molar-refractivity contribution in [2.75, 3.05) is 5.33 Å². The first kappa shape index (κ1) is 12.2. The van der Waals surface area contributed by atoms with Crippen LogP contribution in [0.1, 0.15) is 10.4 Å². The maximum atomic E-state index is 12.2. The van der Waals surface area contributed by atoms with Crippen LogP contribution in [-0.2, 0) is 6.54 Å². The fraction of sp³-hybridized carbons (Fsp3) is 0.231. The number of aromatic carboxylic acids is 1. The van der Waals surface area contributed by atoms with Crippen molar-refractivity contribution in [2.45, 2.75) is 12.6 Å². The van der Waals surface area contributed by atoms with E-state index >= 15 is 0 Å². The van der Waals surface area contributed by atoms with Gasteiger partial charge in [-0.25, -0.2) is 4.79 Å². The first-order valence-corrected chi connectivity index (χ1v) is 6.87. The Balaban J connectivity index is 2.42. The summed E-state index contributed by atoms with van der Waals surface area (Å²) in [5.41, 5.74) is -0.0809. The largest absolute Gasteiger partial charge is 0.477 e. The Labute approximate surface area is 116 Å². The predicted molar refractivity (Wildman–Crippen MR) is 73.4 cm³/mol. The first-order valence-electron chi connectivity index (χ1n) is 5.75. The van der Waals surface area contributed by atoms with Crippen LogP contribution < -0.4 is 10.2 Å². The van der Waals surface area contributed by atoms with Gasteiger partial charge in [-0.1, -0.05) is 28.1 Å². The minimum atomic E-state index is -1.25. The number of rotatable bonds is 2. The Morgan fingerprint density at radius 3 is 2.89 bits per heavy atom. The number of halogens is 1. The van der Waals surface area contributed by atoms with Gasteiger partial charge in [0.05, 0.1) is 12.1 Å². The van der Waals surface area contributed by atoms with E-state index in [1.807, 2.05) is 6.07 Å². The van der Waals surface area contributed by atoms with Gasteiger partial charge in [0.2, 0.25) is 11.3 Å². The molecular weight excluding hydrogens is 314 g/mol. The Morgan fingerprint density at radius 2 is 2.21 bits per heavy atom. The molecule has 1 unspecified atom stereocenters. The molecular formula is C13H10BrNO4. The molecule has 0 amide bonds. The molecule has 1 atom stereocenters. The summed E-state index contributed by atoms with van der Waals surface area (Å²) in [4.78, 5) is 23.6. The second-order valence-corrected chi connectivity index (χ2v) is 4.98. The third-order valence-electron chi connectivity index (χ3n) is 3.18. The van der Waals surface area contributed by atoms with Crippen LogP contribution in [0.3, 0.4) is 0 Å². The molecule has 0 spiro atoms. The van der Waals surface area contributed by atoms with Crippen LogP contribution in [0.2, 0.25) is 0 Å². The van der Waals surface area contributed by atoms with Crippen LogP contribution in [0.4, 0.5) is 0 Å². The number of carboxylic acid groups (broad SMARTS) is 1. The highest BCUT2D eigenvalue weighted by atomic mass is 79.9. The molecule has 6 heteroatoms. The van der Waals surface area contributed by atoms with Gasteiger partial charge < -0.3 is 14.4 Å². The highest BCUT2D eigenvalue weighted by Gasteiger charge is 2.30. The quantitative estimate of drug-likeness (QED) is 0.856. The summed E-state index contributed by atoms with van der Waals surface area (Å²) >= 11 is 3.32. The average molecular weight is 324 g/mol. The van der Waals surface area contributed by atoms with Crippen LogP contribution in [0.15, 0.2) is 29.1 Å². The van der Waals surface area contributed by atoms with E-state index in [9.17, 15) is 14.7 Å². The molecule has 98 valence electrons. The predicted octanol–water partition coefficient (Wildman–Crippen LogP) is 1.86. The summed E-state index contributed by atoms with van der Waals surface area (Å²) in [6, 6.07) is 6.97. The lowest BCUT2D eigenvalue weighted by Gasteiger charge is -2.09. The smallest absolute Gasteiger partial charge is 0.345 e. The number of fused-ring (bicyclic) bond motifs is 3. The molecule has 0 aliphatic carbocycles. The number of ether oxygens (including phenoxy) is 1. The lowest BCUT2D eigenvalue weighted by atomic mass is 10.1. The molecule has 0 bridgehead atoms. The number of para-hydroxylation sites is 1. The fourth-order valence-corrected chi connectivity index (χ4v) is 2.69. The van der Waals surface area contributed by atoms with Crippen molar-refractivity contribution in [1.29, 1.82) is 0 Å². The molecule has 1 aromatic heterocycles. The maximum Gasteiger partial charge on any atom is 0.345 e. The molecule has 1 N–H and O–H groups in total. The van der Waals surface area contributed by atoms with Gasteiger partial charge in [-0.3, -0.25) is 4.79 Å². The molecule has 2 aromatic rings. The molecule has 0 saturated carbocycles. The van der Waals surface area contributed by atoms with Crippen molar-refractivity contribution in [3.63, 3.8) is 0 Å². The van der Waals surface area contributed by atoms with E-state index in [-0.39, 0.29) is 17.5 Å². The van der Waals surface area contributed by atoms with Gasteiger partial charge in [0.1, 0.15) is 6.10 Å². The van der Waals surface area contributed by atoms with Crippen LogP contribution in [0, 0.1) is 0 Å². The number of carbonyl (C=O) groups is 1. The third-order valence-corrected chi connectivity index (χ3v) is 3.90. The van der Waals surface area contributed by atoms with Crippen LogP contribution >= 0.6 is 15.9 Å². The number of aromatic nitrogens is 1. The van der Waals surface area contributed by atoms with Crippen molar-refractivity contribution in [2.24, 2.45) is 0 Å². The third kappa shape index (κ3) is 1.74. The molecule has 5 nitrogen and oxygen atoms in total. The summed E-state index contributed by atoms with van der Waals surface area (Å²) in [5, 5.41) is 10.2. The lowest BCUT2D eigenvalue weighted by Crippen LogP contribution is -2.19. The number of carboxylic acids is 1. The van der Waals surface area contributed by atoms with Gasteiger partial charge in [-0.05, 0) is 12.1 Å². The standard InChI is InChI=1S/C13H10BrNO4/c14-5-7-6-15-9-4-2-1-3-8(9)11(16)10(13(17)18)12(15)19-7/h1-4,7H,5-6H2,(H,17,18).